The molecule has 9 heteroatoms. The van der Waals surface area contributed by atoms with Crippen molar-refractivity contribution in [2.75, 3.05) is 23.3 Å². The van der Waals surface area contributed by atoms with E-state index in [9.17, 15) is 29.3 Å². The number of para-hydroxylation sites is 1. The van der Waals surface area contributed by atoms with Crippen LogP contribution < -0.4 is 10.2 Å². The van der Waals surface area contributed by atoms with Gasteiger partial charge in [0.05, 0.1) is 11.5 Å². The van der Waals surface area contributed by atoms with Crippen LogP contribution in [-0.2, 0) is 4.79 Å². The number of halogens is 1. The molecule has 2 saturated heterocycles. The average molecular weight is 477 g/mol. The fourth-order valence-electron chi connectivity index (χ4n) is 5.09. The summed E-state index contributed by atoms with van der Waals surface area (Å²) in [7, 11) is 0. The van der Waals surface area contributed by atoms with E-state index in [4.69, 9.17) is 0 Å². The van der Waals surface area contributed by atoms with Crippen molar-refractivity contribution in [1.29, 1.82) is 0 Å². The standard InChI is InChI=1S/C26H24FN3O5/c27-17-6-8-18(9-7-17)30-23(16-4-10-19(31)11-5-16)26(24(30)34)12-14-29(15-13-26)25(35)28-22-20(32)2-1-3-21(22)33/h1-11,23,31-33H,12-15H2,(H,28,35). The van der Waals surface area contributed by atoms with Crippen molar-refractivity contribution >= 4 is 23.3 Å². The minimum atomic E-state index is -0.751. The minimum Gasteiger partial charge on any atom is -0.508 e. The Balaban J connectivity index is 1.38. The Morgan fingerprint density at radius 3 is 2.11 bits per heavy atom. The number of amides is 3. The molecule has 8 nitrogen and oxygen atoms in total. The summed E-state index contributed by atoms with van der Waals surface area (Å²) in [6, 6.07) is 15.8. The van der Waals surface area contributed by atoms with Crippen LogP contribution in [0.5, 0.6) is 17.2 Å². The third-order valence-electron chi connectivity index (χ3n) is 6.94. The van der Waals surface area contributed by atoms with E-state index in [1.165, 1.54) is 30.3 Å². The van der Waals surface area contributed by atoms with Gasteiger partial charge in [0.15, 0.2) is 0 Å². The van der Waals surface area contributed by atoms with Gasteiger partial charge in [-0.05, 0) is 66.9 Å². The van der Waals surface area contributed by atoms with Gasteiger partial charge in [0, 0.05) is 18.8 Å². The third-order valence-corrected chi connectivity index (χ3v) is 6.94. The molecule has 0 aromatic heterocycles. The SMILES string of the molecule is O=C(Nc1c(O)cccc1O)N1CCC2(CC1)C(=O)N(c1ccc(F)cc1)C2c1ccc(O)cc1. The highest BCUT2D eigenvalue weighted by Crippen LogP contribution is 2.57. The first kappa shape index (κ1) is 22.5. The lowest BCUT2D eigenvalue weighted by Crippen LogP contribution is -2.67. The van der Waals surface area contributed by atoms with Gasteiger partial charge in [0.1, 0.15) is 28.8 Å². The van der Waals surface area contributed by atoms with Gasteiger partial charge in [-0.25, -0.2) is 9.18 Å². The minimum absolute atomic E-state index is 0.0676. The maximum Gasteiger partial charge on any atom is 0.322 e. The zero-order valence-corrected chi connectivity index (χ0v) is 18.7. The van der Waals surface area contributed by atoms with Crippen molar-refractivity contribution in [3.05, 3.63) is 78.1 Å². The van der Waals surface area contributed by atoms with Crippen LogP contribution in [0.25, 0.3) is 0 Å². The molecule has 2 aliphatic heterocycles. The van der Waals surface area contributed by atoms with Crippen LogP contribution in [0.4, 0.5) is 20.6 Å². The summed E-state index contributed by atoms with van der Waals surface area (Å²) in [6.45, 7) is 0.579. The molecule has 0 bridgehead atoms. The van der Waals surface area contributed by atoms with Crippen LogP contribution >= 0.6 is 0 Å². The van der Waals surface area contributed by atoms with Crippen molar-refractivity contribution in [2.24, 2.45) is 5.41 Å². The fraction of sp³-hybridized carbons (Fsp3) is 0.231. The number of hydrogen-bond acceptors (Lipinski definition) is 5. The molecule has 2 aliphatic rings. The predicted octanol–water partition coefficient (Wildman–Crippen LogP) is 4.34. The first-order valence-corrected chi connectivity index (χ1v) is 11.3. The lowest BCUT2D eigenvalue weighted by Gasteiger charge is -2.59. The molecule has 3 amide bonds. The molecule has 1 spiro atoms. The zero-order valence-electron chi connectivity index (χ0n) is 18.7. The van der Waals surface area contributed by atoms with E-state index in [0.29, 0.717) is 18.5 Å². The Labute approximate surface area is 200 Å². The molecule has 1 atom stereocenters. The first-order chi connectivity index (χ1) is 16.8. The monoisotopic (exact) mass is 477 g/mol. The number of β-lactam (4-membered cyclic amide) rings is 1. The van der Waals surface area contributed by atoms with Crippen LogP contribution in [0.1, 0.15) is 24.4 Å². The van der Waals surface area contributed by atoms with Crippen LogP contribution in [0.2, 0.25) is 0 Å². The highest BCUT2D eigenvalue weighted by molar-refractivity contribution is 6.06. The molecule has 2 heterocycles. The maximum atomic E-state index is 13.5. The Bertz CT molecular complexity index is 1250. The summed E-state index contributed by atoms with van der Waals surface area (Å²) in [5.41, 5.74) is 0.597. The number of nitrogens with one attached hydrogen (secondary N) is 1. The highest BCUT2D eigenvalue weighted by atomic mass is 19.1. The number of rotatable bonds is 3. The van der Waals surface area contributed by atoms with Gasteiger partial charge in [0.2, 0.25) is 5.91 Å². The van der Waals surface area contributed by atoms with Crippen LogP contribution in [0, 0.1) is 11.2 Å². The molecule has 3 aromatic rings. The molecule has 2 fully saturated rings. The molecule has 0 radical (unpaired) electrons. The zero-order chi connectivity index (χ0) is 24.7. The number of nitrogens with zero attached hydrogens (tertiary/aromatic N) is 2. The second-order valence-electron chi connectivity index (χ2n) is 8.89. The summed E-state index contributed by atoms with van der Waals surface area (Å²) >= 11 is 0. The maximum absolute atomic E-state index is 13.5. The van der Waals surface area contributed by atoms with Gasteiger partial charge in [-0.1, -0.05) is 18.2 Å². The van der Waals surface area contributed by atoms with Crippen molar-refractivity contribution in [3.8, 4) is 17.2 Å². The number of anilines is 2. The van der Waals surface area contributed by atoms with Gasteiger partial charge in [0.25, 0.3) is 0 Å². The summed E-state index contributed by atoms with van der Waals surface area (Å²) in [5.74, 6) is -0.875. The number of aromatic hydroxyl groups is 3. The fourth-order valence-corrected chi connectivity index (χ4v) is 5.09. The first-order valence-electron chi connectivity index (χ1n) is 11.3. The quantitative estimate of drug-likeness (QED) is 0.331. The van der Waals surface area contributed by atoms with E-state index in [-0.39, 0.29) is 48.0 Å². The number of piperidine rings is 1. The summed E-state index contributed by atoms with van der Waals surface area (Å²) < 4.78 is 13.5. The van der Waals surface area contributed by atoms with Gasteiger partial charge in [-0.2, -0.15) is 0 Å². The largest absolute Gasteiger partial charge is 0.508 e. The third kappa shape index (κ3) is 3.78. The lowest BCUT2D eigenvalue weighted by molar-refractivity contribution is -0.144. The van der Waals surface area contributed by atoms with Gasteiger partial charge in [-0.3, -0.25) is 4.79 Å². The number of carbonyl (C=O) groups excluding carboxylic acids is 2. The van der Waals surface area contributed by atoms with E-state index < -0.39 is 17.3 Å². The van der Waals surface area contributed by atoms with Crippen molar-refractivity contribution in [1.82, 2.24) is 4.90 Å². The van der Waals surface area contributed by atoms with Crippen molar-refractivity contribution in [3.63, 3.8) is 0 Å². The normalized spacial score (nSPS) is 18.9. The van der Waals surface area contributed by atoms with E-state index in [1.807, 2.05) is 0 Å². The molecular weight excluding hydrogens is 453 g/mol. The predicted molar refractivity (Wildman–Crippen MR) is 127 cm³/mol. The van der Waals surface area contributed by atoms with E-state index in [2.05, 4.69) is 5.32 Å². The molecule has 1 unspecified atom stereocenters. The Morgan fingerprint density at radius 1 is 0.914 bits per heavy atom. The van der Waals surface area contributed by atoms with E-state index >= 15 is 0 Å². The summed E-state index contributed by atoms with van der Waals surface area (Å²) in [4.78, 5) is 29.5. The number of phenolic OH excluding ortho intramolecular Hbond substituents is 3. The second kappa shape index (κ2) is 8.50. The Morgan fingerprint density at radius 2 is 1.51 bits per heavy atom. The molecule has 35 heavy (non-hydrogen) atoms. The molecule has 180 valence electrons. The van der Waals surface area contributed by atoms with E-state index in [0.717, 1.165) is 5.56 Å². The smallest absolute Gasteiger partial charge is 0.322 e. The molecule has 0 saturated carbocycles. The van der Waals surface area contributed by atoms with Crippen molar-refractivity contribution < 1.29 is 29.3 Å². The topological polar surface area (TPSA) is 113 Å². The Kier molecular flexibility index (Phi) is 5.47. The van der Waals surface area contributed by atoms with Gasteiger partial charge in [-0.15, -0.1) is 0 Å². The number of phenols is 3. The Hall–Kier alpha value is -4.27. The number of likely N-dealkylation sites (tertiary alicyclic amines) is 1. The van der Waals surface area contributed by atoms with Crippen molar-refractivity contribution in [2.45, 2.75) is 18.9 Å². The number of hydrogen-bond donors (Lipinski definition) is 4. The number of urea groups is 1. The average Bonchev–Trinajstić information content (AvgIpc) is 2.86. The lowest BCUT2D eigenvalue weighted by atomic mass is 9.62. The highest BCUT2D eigenvalue weighted by Gasteiger charge is 2.62. The van der Waals surface area contributed by atoms with Crippen LogP contribution in [0.3, 0.4) is 0 Å². The summed E-state index contributed by atoms with van der Waals surface area (Å²) in [6.07, 6.45) is 0.796. The van der Waals surface area contributed by atoms with Crippen LogP contribution in [0.15, 0.2) is 66.7 Å². The molecule has 3 aromatic carbocycles. The second-order valence-corrected chi connectivity index (χ2v) is 8.89. The van der Waals surface area contributed by atoms with Gasteiger partial charge >= 0.3 is 6.03 Å². The number of carbonyl (C=O) groups is 2. The molecule has 4 N–H and O–H groups in total. The molecule has 0 aliphatic carbocycles. The van der Waals surface area contributed by atoms with Crippen LogP contribution in [-0.4, -0.2) is 45.2 Å². The molecule has 5 rings (SSSR count). The molecular formula is C26H24FN3O5. The van der Waals surface area contributed by atoms with Gasteiger partial charge < -0.3 is 30.4 Å². The van der Waals surface area contributed by atoms with E-state index in [1.54, 1.807) is 46.2 Å². The number of benzene rings is 3. The summed E-state index contributed by atoms with van der Waals surface area (Å²) in [5, 5.41) is 32.2.